The van der Waals surface area contributed by atoms with Crippen LogP contribution >= 0.6 is 0 Å². The molecule has 0 aliphatic carbocycles. The Kier molecular flexibility index (Phi) is 4.99. The number of para-hydroxylation sites is 2. The summed E-state index contributed by atoms with van der Waals surface area (Å²) in [7, 11) is 3.22. The van der Waals surface area contributed by atoms with Crippen LogP contribution in [0.5, 0.6) is 11.5 Å². The second kappa shape index (κ2) is 8.11. The van der Waals surface area contributed by atoms with Gasteiger partial charge in [-0.1, -0.05) is 23.8 Å². The van der Waals surface area contributed by atoms with E-state index in [4.69, 9.17) is 13.9 Å². The zero-order valence-corrected chi connectivity index (χ0v) is 18.0. The third-order valence-corrected chi connectivity index (χ3v) is 5.24. The van der Waals surface area contributed by atoms with E-state index in [1.54, 1.807) is 14.2 Å². The zero-order chi connectivity index (χ0) is 22.1. The summed E-state index contributed by atoms with van der Waals surface area (Å²) in [4.78, 5) is 7.76. The van der Waals surface area contributed by atoms with Gasteiger partial charge in [-0.3, -0.25) is 0 Å². The number of hydrogen-bond acceptors (Lipinski definition) is 6. The van der Waals surface area contributed by atoms with E-state index in [1.807, 2.05) is 67.6 Å². The maximum absolute atomic E-state index is 6.21. The molecule has 0 bridgehead atoms. The van der Waals surface area contributed by atoms with Crippen molar-refractivity contribution in [3.05, 3.63) is 77.7 Å². The molecule has 0 spiro atoms. The smallest absolute Gasteiger partial charge is 0.222 e. The van der Waals surface area contributed by atoms with Crippen LogP contribution in [0.3, 0.4) is 0 Å². The molecule has 0 aliphatic heterocycles. The van der Waals surface area contributed by atoms with Gasteiger partial charge < -0.3 is 18.9 Å². The van der Waals surface area contributed by atoms with E-state index >= 15 is 0 Å². The number of nitrogens with one attached hydrogen (secondary N) is 2. The maximum Gasteiger partial charge on any atom is 0.222 e. The van der Waals surface area contributed by atoms with Crippen LogP contribution in [-0.2, 0) is 0 Å². The fraction of sp³-hybridized carbons (Fsp3) is 0.120. The largest absolute Gasteiger partial charge is 0.493 e. The van der Waals surface area contributed by atoms with Crippen molar-refractivity contribution in [2.24, 2.45) is 5.10 Å². The fourth-order valence-electron chi connectivity index (χ4n) is 3.63. The molecule has 7 nitrogen and oxygen atoms in total. The highest BCUT2D eigenvalue weighted by molar-refractivity contribution is 5.80. The number of fused-ring (bicyclic) bond motifs is 2. The Bertz CT molecular complexity index is 1470. The molecule has 160 valence electrons. The van der Waals surface area contributed by atoms with Crippen LogP contribution < -0.4 is 20.3 Å². The van der Waals surface area contributed by atoms with E-state index in [2.05, 4.69) is 26.6 Å². The predicted octanol–water partition coefficient (Wildman–Crippen LogP) is 5.23. The van der Waals surface area contributed by atoms with Crippen LogP contribution in [0.15, 0.2) is 76.2 Å². The summed E-state index contributed by atoms with van der Waals surface area (Å²) < 4.78 is 17.0. The van der Waals surface area contributed by atoms with Gasteiger partial charge in [0.2, 0.25) is 5.95 Å². The molecule has 0 aliphatic rings. The van der Waals surface area contributed by atoms with Crippen molar-refractivity contribution >= 4 is 28.0 Å². The van der Waals surface area contributed by atoms with Crippen molar-refractivity contribution in [2.75, 3.05) is 19.6 Å². The first-order chi connectivity index (χ1) is 15.6. The average Bonchev–Trinajstić information content (AvgIpc) is 3.25. The highest BCUT2D eigenvalue weighted by Gasteiger charge is 2.11. The molecular formula is C25H22N4O3. The molecule has 5 rings (SSSR count). The summed E-state index contributed by atoms with van der Waals surface area (Å²) in [6, 6.07) is 21.4. The molecular weight excluding hydrogens is 404 g/mol. The van der Waals surface area contributed by atoms with Crippen molar-refractivity contribution in [2.45, 2.75) is 6.92 Å². The van der Waals surface area contributed by atoms with E-state index in [0.29, 0.717) is 23.2 Å². The fourth-order valence-corrected chi connectivity index (χ4v) is 3.63. The zero-order valence-electron chi connectivity index (χ0n) is 18.0. The molecule has 0 saturated heterocycles. The summed E-state index contributed by atoms with van der Waals surface area (Å²) in [6.07, 6.45) is 0. The van der Waals surface area contributed by atoms with E-state index in [-0.39, 0.29) is 0 Å². The molecule has 5 aromatic rings. The highest BCUT2D eigenvalue weighted by atomic mass is 16.5. The normalized spacial score (nSPS) is 11.8. The first-order valence-corrected chi connectivity index (χ1v) is 10.2. The lowest BCUT2D eigenvalue weighted by Crippen LogP contribution is -2.08. The molecule has 7 heteroatoms. The first kappa shape index (κ1) is 19.7. The van der Waals surface area contributed by atoms with Crippen molar-refractivity contribution in [1.82, 2.24) is 9.97 Å². The van der Waals surface area contributed by atoms with Gasteiger partial charge in [0, 0.05) is 17.0 Å². The number of hydrogen-bond donors (Lipinski definition) is 2. The number of ether oxygens (including phenoxy) is 2. The van der Waals surface area contributed by atoms with Gasteiger partial charge in [0.15, 0.2) is 11.5 Å². The molecule has 0 radical (unpaired) electrons. The first-order valence-electron chi connectivity index (χ1n) is 10.2. The van der Waals surface area contributed by atoms with Crippen LogP contribution in [0.1, 0.15) is 5.56 Å². The number of rotatable bonds is 5. The lowest BCUT2D eigenvalue weighted by molar-refractivity contribution is 0.355. The number of aromatic nitrogens is 2. The molecule has 3 aromatic carbocycles. The second-order valence-electron chi connectivity index (χ2n) is 7.39. The monoisotopic (exact) mass is 426 g/mol. The maximum atomic E-state index is 6.21. The summed E-state index contributed by atoms with van der Waals surface area (Å²) in [5.74, 6) is 2.51. The molecule has 0 amide bonds. The van der Waals surface area contributed by atoms with Crippen LogP contribution in [0.4, 0.5) is 5.95 Å². The second-order valence-corrected chi connectivity index (χ2v) is 7.39. The SMILES string of the molecule is COc1ccc(-c2cc(=NNc3nc4ccccc4[nH]3)c3cc(C)ccc3o2)cc1OC. The Morgan fingerprint density at radius 2 is 1.78 bits per heavy atom. The highest BCUT2D eigenvalue weighted by Crippen LogP contribution is 2.32. The van der Waals surface area contributed by atoms with Crippen molar-refractivity contribution in [1.29, 1.82) is 0 Å². The van der Waals surface area contributed by atoms with Gasteiger partial charge in [-0.15, -0.1) is 0 Å². The summed E-state index contributed by atoms with van der Waals surface area (Å²) in [5, 5.41) is 6.28. The molecule has 0 saturated carbocycles. The quantitative estimate of drug-likeness (QED) is 0.376. The lowest BCUT2D eigenvalue weighted by Gasteiger charge is -2.10. The molecule has 2 N–H and O–H groups in total. The number of aromatic amines is 1. The van der Waals surface area contributed by atoms with Gasteiger partial charge in [0.05, 0.1) is 30.6 Å². The lowest BCUT2D eigenvalue weighted by atomic mass is 10.1. The van der Waals surface area contributed by atoms with E-state index in [1.165, 1.54) is 0 Å². The number of anilines is 1. The van der Waals surface area contributed by atoms with Crippen molar-refractivity contribution < 1.29 is 13.9 Å². The van der Waals surface area contributed by atoms with E-state index in [9.17, 15) is 0 Å². The molecule has 2 heterocycles. The predicted molar refractivity (Wildman–Crippen MR) is 125 cm³/mol. The Hall–Kier alpha value is -4.26. The summed E-state index contributed by atoms with van der Waals surface area (Å²) in [6.45, 7) is 2.04. The van der Waals surface area contributed by atoms with Crippen molar-refractivity contribution in [3.63, 3.8) is 0 Å². The number of aryl methyl sites for hydroxylation is 1. The molecule has 0 fully saturated rings. The summed E-state index contributed by atoms with van der Waals surface area (Å²) in [5.41, 5.74) is 7.57. The standard InChI is InChI=1S/C25H22N4O3/c1-15-8-10-21-17(12-15)20(28-29-25-26-18-6-4-5-7-19(18)27-25)14-23(32-21)16-9-11-22(30-2)24(13-16)31-3/h4-14H,1-3H3,(H2,26,27,29). The number of methoxy groups -OCH3 is 2. The van der Waals surface area contributed by atoms with Gasteiger partial charge in [0.25, 0.3) is 0 Å². The van der Waals surface area contributed by atoms with Crippen LogP contribution in [0.2, 0.25) is 0 Å². The number of nitrogens with zero attached hydrogens (tertiary/aromatic N) is 2. The van der Waals surface area contributed by atoms with Gasteiger partial charge in [-0.25, -0.2) is 10.4 Å². The molecule has 0 unspecified atom stereocenters. The molecule has 0 atom stereocenters. The summed E-state index contributed by atoms with van der Waals surface area (Å²) >= 11 is 0. The van der Waals surface area contributed by atoms with Gasteiger partial charge >= 0.3 is 0 Å². The van der Waals surface area contributed by atoms with Gasteiger partial charge in [-0.2, -0.15) is 5.10 Å². The topological polar surface area (TPSA) is 84.7 Å². The van der Waals surface area contributed by atoms with E-state index < -0.39 is 0 Å². The number of H-pyrrole nitrogens is 1. The minimum atomic E-state index is 0.570. The van der Waals surface area contributed by atoms with Crippen LogP contribution in [0.25, 0.3) is 33.3 Å². The molecule has 2 aromatic heterocycles. The van der Waals surface area contributed by atoms with Crippen LogP contribution in [0, 0.1) is 6.92 Å². The van der Waals surface area contributed by atoms with E-state index in [0.717, 1.165) is 38.5 Å². The number of imidazole rings is 1. The Balaban J connectivity index is 1.63. The third kappa shape index (κ3) is 3.65. The van der Waals surface area contributed by atoms with Gasteiger partial charge in [-0.05, 0) is 49.4 Å². The Morgan fingerprint density at radius 1 is 0.938 bits per heavy atom. The molecule has 32 heavy (non-hydrogen) atoms. The minimum absolute atomic E-state index is 0.570. The Labute approximate surface area is 184 Å². The van der Waals surface area contributed by atoms with Crippen LogP contribution in [-0.4, -0.2) is 24.2 Å². The minimum Gasteiger partial charge on any atom is -0.493 e. The Morgan fingerprint density at radius 3 is 2.59 bits per heavy atom. The average molecular weight is 426 g/mol. The van der Waals surface area contributed by atoms with Gasteiger partial charge in [0.1, 0.15) is 11.3 Å². The third-order valence-electron chi connectivity index (χ3n) is 5.24. The van der Waals surface area contributed by atoms with Crippen molar-refractivity contribution in [3.8, 4) is 22.8 Å². The number of benzene rings is 3.